The van der Waals surface area contributed by atoms with Gasteiger partial charge in [-0.1, -0.05) is 84.6 Å². The van der Waals surface area contributed by atoms with Gasteiger partial charge in [0.05, 0.1) is 15.7 Å². The summed E-state index contributed by atoms with van der Waals surface area (Å²) in [6, 6.07) is 36.6. The predicted octanol–water partition coefficient (Wildman–Crippen LogP) is 6.60. The predicted molar refractivity (Wildman–Crippen MR) is 117 cm³/mol. The summed E-state index contributed by atoms with van der Waals surface area (Å²) in [5, 5.41) is 0. The summed E-state index contributed by atoms with van der Waals surface area (Å²) in [5.41, 5.74) is 2.50. The molecule has 0 heterocycles. The van der Waals surface area contributed by atoms with Gasteiger partial charge < -0.3 is 0 Å². The Morgan fingerprint density at radius 3 is 1.89 bits per heavy atom. The van der Waals surface area contributed by atoms with Crippen molar-refractivity contribution in [3.8, 4) is 0 Å². The van der Waals surface area contributed by atoms with Gasteiger partial charge in [-0.05, 0) is 53.9 Å². The Kier molecular flexibility index (Phi) is 6.05. The Morgan fingerprint density at radius 1 is 0.607 bits per heavy atom. The molecule has 3 heteroatoms. The molecule has 0 saturated carbocycles. The molecular formula is C25H20OS2. The number of benzene rings is 4. The summed E-state index contributed by atoms with van der Waals surface area (Å²) >= 11 is 1.65. The highest BCUT2D eigenvalue weighted by atomic mass is 32.2. The largest absolute Gasteiger partial charge is 0.249 e. The Balaban J connectivity index is 1.55. The summed E-state index contributed by atoms with van der Waals surface area (Å²) in [6.07, 6.45) is 0.883. The van der Waals surface area contributed by atoms with E-state index in [1.54, 1.807) is 11.8 Å². The van der Waals surface area contributed by atoms with Crippen molar-refractivity contribution in [1.82, 2.24) is 0 Å². The van der Waals surface area contributed by atoms with E-state index in [2.05, 4.69) is 48.5 Å². The van der Waals surface area contributed by atoms with Crippen LogP contribution in [0.15, 0.2) is 129 Å². The maximum atomic E-state index is 13.2. The lowest BCUT2D eigenvalue weighted by molar-refractivity contribution is 0.681. The van der Waals surface area contributed by atoms with Gasteiger partial charge in [0.1, 0.15) is 0 Å². The first kappa shape index (κ1) is 18.7. The average Bonchev–Trinajstić information content (AvgIpc) is 2.76. The summed E-state index contributed by atoms with van der Waals surface area (Å²) < 4.78 is 13.2. The molecule has 0 saturated heterocycles. The van der Waals surface area contributed by atoms with Crippen LogP contribution >= 0.6 is 11.8 Å². The zero-order valence-corrected chi connectivity index (χ0v) is 17.0. The molecule has 1 nitrogen and oxygen atoms in total. The van der Waals surface area contributed by atoms with E-state index >= 15 is 0 Å². The molecule has 0 N–H and O–H groups in total. The molecular weight excluding hydrogens is 380 g/mol. The highest BCUT2D eigenvalue weighted by Crippen LogP contribution is 2.33. The highest BCUT2D eigenvalue weighted by molar-refractivity contribution is 8.00. The normalized spacial score (nSPS) is 11.9. The molecule has 0 aromatic heterocycles. The summed E-state index contributed by atoms with van der Waals surface area (Å²) in [6.45, 7) is 0. The van der Waals surface area contributed by atoms with E-state index < -0.39 is 10.8 Å². The van der Waals surface area contributed by atoms with Crippen LogP contribution in [0.3, 0.4) is 0 Å². The first-order valence-electron chi connectivity index (χ1n) is 9.16. The van der Waals surface area contributed by atoms with Crippen LogP contribution in [0.1, 0.15) is 11.1 Å². The van der Waals surface area contributed by atoms with Crippen LogP contribution in [-0.4, -0.2) is 4.21 Å². The third kappa shape index (κ3) is 4.61. The summed E-state index contributed by atoms with van der Waals surface area (Å²) in [7, 11) is -1.21. The highest BCUT2D eigenvalue weighted by Gasteiger charge is 2.13. The fourth-order valence-electron chi connectivity index (χ4n) is 2.99. The number of rotatable bonds is 6. The topological polar surface area (TPSA) is 17.1 Å². The van der Waals surface area contributed by atoms with Gasteiger partial charge in [-0.15, -0.1) is 0 Å². The smallest absolute Gasteiger partial charge is 0.0861 e. The summed E-state index contributed by atoms with van der Waals surface area (Å²) in [5.74, 6) is 0. The molecule has 4 aromatic carbocycles. The summed E-state index contributed by atoms with van der Waals surface area (Å²) in [4.78, 5) is 3.86. The molecule has 138 valence electrons. The van der Waals surface area contributed by atoms with Crippen LogP contribution in [0.2, 0.25) is 0 Å². The number of hydrogen-bond acceptors (Lipinski definition) is 2. The second kappa shape index (κ2) is 9.05. The molecule has 28 heavy (non-hydrogen) atoms. The van der Waals surface area contributed by atoms with E-state index in [1.165, 1.54) is 11.1 Å². The zero-order valence-electron chi connectivity index (χ0n) is 15.3. The molecule has 1 atom stereocenters. The Hall–Kier alpha value is -2.62. The monoisotopic (exact) mass is 400 g/mol. The van der Waals surface area contributed by atoms with E-state index in [9.17, 15) is 4.21 Å². The van der Waals surface area contributed by atoms with Crippen molar-refractivity contribution in [2.24, 2.45) is 0 Å². The molecule has 4 rings (SSSR count). The molecule has 0 aliphatic rings. The molecule has 0 fully saturated rings. The van der Waals surface area contributed by atoms with Crippen LogP contribution in [0.5, 0.6) is 0 Å². The molecule has 0 amide bonds. The quantitative estimate of drug-likeness (QED) is 0.363. The SMILES string of the molecule is O=S(c1ccc(Cc2ccccc2)cc1)c1ccccc1Sc1ccccc1. The molecule has 0 spiro atoms. The van der Waals surface area contributed by atoms with Crippen molar-refractivity contribution in [2.45, 2.75) is 26.0 Å². The zero-order chi connectivity index (χ0) is 19.2. The lowest BCUT2D eigenvalue weighted by Crippen LogP contribution is -1.96. The first-order chi connectivity index (χ1) is 13.8. The third-order valence-electron chi connectivity index (χ3n) is 4.41. The van der Waals surface area contributed by atoms with E-state index in [0.29, 0.717) is 0 Å². The average molecular weight is 401 g/mol. The van der Waals surface area contributed by atoms with Gasteiger partial charge >= 0.3 is 0 Å². The van der Waals surface area contributed by atoms with Crippen LogP contribution in [-0.2, 0) is 17.2 Å². The minimum absolute atomic E-state index is 0.831. The fraction of sp³-hybridized carbons (Fsp3) is 0.0400. The minimum Gasteiger partial charge on any atom is -0.249 e. The van der Waals surface area contributed by atoms with Crippen LogP contribution < -0.4 is 0 Å². The van der Waals surface area contributed by atoms with E-state index in [4.69, 9.17) is 0 Å². The van der Waals surface area contributed by atoms with Gasteiger partial charge in [-0.25, -0.2) is 4.21 Å². The van der Waals surface area contributed by atoms with Crippen molar-refractivity contribution >= 4 is 22.6 Å². The van der Waals surface area contributed by atoms with Gasteiger partial charge in [-0.2, -0.15) is 0 Å². The van der Waals surface area contributed by atoms with Crippen molar-refractivity contribution in [2.75, 3.05) is 0 Å². The Labute approximate surface area is 172 Å². The lowest BCUT2D eigenvalue weighted by Gasteiger charge is -2.10. The molecule has 1 unspecified atom stereocenters. The first-order valence-corrected chi connectivity index (χ1v) is 11.1. The van der Waals surface area contributed by atoms with E-state index in [0.717, 1.165) is 26.0 Å². The van der Waals surface area contributed by atoms with Gasteiger partial charge in [0.2, 0.25) is 0 Å². The van der Waals surface area contributed by atoms with E-state index in [-0.39, 0.29) is 0 Å². The molecule has 0 radical (unpaired) electrons. The lowest BCUT2D eigenvalue weighted by atomic mass is 10.1. The number of hydrogen-bond donors (Lipinski definition) is 0. The van der Waals surface area contributed by atoms with Gasteiger partial charge in [0.15, 0.2) is 0 Å². The Morgan fingerprint density at radius 2 is 1.18 bits per heavy atom. The van der Waals surface area contributed by atoms with Crippen LogP contribution in [0, 0.1) is 0 Å². The van der Waals surface area contributed by atoms with Gasteiger partial charge in [-0.3, -0.25) is 0 Å². The van der Waals surface area contributed by atoms with Crippen molar-refractivity contribution < 1.29 is 4.21 Å². The van der Waals surface area contributed by atoms with Crippen LogP contribution in [0.25, 0.3) is 0 Å². The second-order valence-corrected chi connectivity index (χ2v) is 9.00. The second-order valence-electron chi connectivity index (χ2n) is 6.44. The molecule has 4 aromatic rings. The standard InChI is InChI=1S/C25H20OS2/c26-28(23-17-15-21(16-18-23)19-20-9-3-1-4-10-20)25-14-8-7-13-24(25)27-22-11-5-2-6-12-22/h1-18H,19H2. The molecule has 0 aliphatic heterocycles. The molecule has 0 aliphatic carbocycles. The minimum atomic E-state index is -1.21. The van der Waals surface area contributed by atoms with Crippen LogP contribution in [0.4, 0.5) is 0 Å². The maximum Gasteiger partial charge on any atom is 0.0861 e. The van der Waals surface area contributed by atoms with Crippen molar-refractivity contribution in [3.63, 3.8) is 0 Å². The van der Waals surface area contributed by atoms with Gasteiger partial charge in [0, 0.05) is 14.7 Å². The maximum absolute atomic E-state index is 13.2. The Bertz CT molecular complexity index is 1060. The molecule has 0 bridgehead atoms. The van der Waals surface area contributed by atoms with E-state index in [1.807, 2.05) is 60.7 Å². The van der Waals surface area contributed by atoms with Crippen molar-refractivity contribution in [3.05, 3.63) is 120 Å². The third-order valence-corrected chi connectivity index (χ3v) is 7.08. The van der Waals surface area contributed by atoms with Gasteiger partial charge in [0.25, 0.3) is 0 Å². The fourth-order valence-corrected chi connectivity index (χ4v) is 5.30. The van der Waals surface area contributed by atoms with Crippen molar-refractivity contribution in [1.29, 1.82) is 0 Å².